The molecule has 0 saturated carbocycles. The molecule has 4 aliphatic rings. The van der Waals surface area contributed by atoms with E-state index < -0.39 is 8.07 Å². The Morgan fingerprint density at radius 1 is 0.575 bits per heavy atom. The van der Waals surface area contributed by atoms with Crippen molar-refractivity contribution < 1.29 is 38.1 Å². The molecule has 6 aromatic heterocycles. The van der Waals surface area contributed by atoms with E-state index >= 15 is 0 Å². The molecule has 2 N–H and O–H groups in total. The van der Waals surface area contributed by atoms with Crippen LogP contribution in [0, 0.1) is 3.70 Å². The van der Waals surface area contributed by atoms with Crippen molar-refractivity contribution in [2.75, 3.05) is 99.2 Å². The number of nitrogens with one attached hydrogen (secondary N) is 2. The summed E-state index contributed by atoms with van der Waals surface area (Å²) in [6, 6.07) is 34.2. The van der Waals surface area contributed by atoms with Crippen molar-refractivity contribution in [3.63, 3.8) is 0 Å². The number of nitrogens with zero attached hydrogens (tertiary/aromatic N) is 10. The van der Waals surface area contributed by atoms with Crippen LogP contribution in [0.2, 0.25) is 25.7 Å². The molecule has 87 heavy (non-hydrogen) atoms. The number of carbonyl (C=O) groups is 3. The van der Waals surface area contributed by atoms with E-state index in [2.05, 4.69) is 106 Å². The highest BCUT2D eigenvalue weighted by atomic mass is 127. The Morgan fingerprint density at radius 2 is 1.06 bits per heavy atom. The summed E-state index contributed by atoms with van der Waals surface area (Å²) < 4.78 is 29.3. The van der Waals surface area contributed by atoms with Crippen LogP contribution in [0.3, 0.4) is 0 Å². The van der Waals surface area contributed by atoms with Crippen LogP contribution in [0.25, 0.3) is 66.7 Å². The maximum Gasteiger partial charge on any atom is 0.254 e. The van der Waals surface area contributed by atoms with Crippen LogP contribution < -0.4 is 4.74 Å². The van der Waals surface area contributed by atoms with Crippen molar-refractivity contribution in [3.05, 3.63) is 160 Å². The van der Waals surface area contributed by atoms with Crippen LogP contribution in [-0.4, -0.2) is 184 Å². The zero-order valence-corrected chi connectivity index (χ0v) is 54.1. The van der Waals surface area contributed by atoms with E-state index in [0.29, 0.717) is 119 Å². The van der Waals surface area contributed by atoms with Gasteiger partial charge in [-0.2, -0.15) is 10.2 Å². The summed E-state index contributed by atoms with van der Waals surface area (Å²) in [6.07, 6.45) is 7.13. The number of H-pyrrole nitrogens is 2. The Labute approximate surface area is 532 Å². The lowest BCUT2D eigenvalue weighted by Crippen LogP contribution is -2.40. The van der Waals surface area contributed by atoms with Crippen LogP contribution in [0.4, 0.5) is 0 Å². The number of benzene rings is 3. The van der Waals surface area contributed by atoms with Gasteiger partial charge in [-0.3, -0.25) is 34.6 Å². The number of carbonyl (C=O) groups excluding carboxylic acids is 3. The number of fused-ring (bicyclic) bond motifs is 3. The Hall–Kier alpha value is -7.40. The van der Waals surface area contributed by atoms with Crippen LogP contribution >= 0.6 is 45.2 Å². The normalized spacial score (nSPS) is 15.9. The molecule has 448 valence electrons. The number of aromatic amines is 2. The quantitative estimate of drug-likeness (QED) is 0.0622. The van der Waals surface area contributed by atoms with Gasteiger partial charge in [0.15, 0.2) is 11.3 Å². The van der Waals surface area contributed by atoms with E-state index in [0.717, 1.165) is 86.7 Å². The van der Waals surface area contributed by atoms with E-state index in [1.165, 1.54) is 0 Å². The standard InChI is InChI=1S/C24H30IN3O3Si.C23H21N5O3.C17H15IN4O2/c1-32(2,3)12-11-31-16-21-22-20(23(25)27-21)14-19(15-26-22)17-5-4-6-18(13-17)24(29)28-7-9-30-10-8-28;1-30-22-18(6-3-7-24-22)20-19-13-17(14-25-21(19)27-26-20)15-4-2-5-16(12-15)23(29)28-8-10-31-11-9-28;18-15-14-9-13(10-19-16(14)21-20-15)11-2-1-3-12(8-11)17(23)22-4-6-24-7-5-22/h4-6,13-15,21H,7-12,16H2,1-3H3;2-7,12-14H,8-11H2,1H3,(H,25,26,27);1-3,8-10H,4-7H2,(H,19,20,21). The summed E-state index contributed by atoms with van der Waals surface area (Å²) in [5.74, 6) is 0.628. The van der Waals surface area contributed by atoms with Gasteiger partial charge in [0.05, 0.1) is 75.7 Å². The van der Waals surface area contributed by atoms with Gasteiger partial charge in [0.1, 0.15) is 13.5 Å². The summed E-state index contributed by atoms with van der Waals surface area (Å²) in [7, 11) is 0.489. The first-order valence-corrected chi connectivity index (χ1v) is 34.7. The summed E-state index contributed by atoms with van der Waals surface area (Å²) in [4.78, 5) is 66.6. The van der Waals surface area contributed by atoms with Crippen molar-refractivity contribution in [2.24, 2.45) is 4.99 Å². The molecular weight excluding hydrogens is 1350 g/mol. The number of hydrogen-bond donors (Lipinski definition) is 2. The first kappa shape index (κ1) is 61.3. The topological polar surface area (TPSA) is 228 Å². The number of hydrogen-bond acceptors (Lipinski definition) is 15. The van der Waals surface area contributed by atoms with Crippen LogP contribution in [-0.2, 0) is 18.9 Å². The number of aliphatic imine (C=N–C) groups is 1. The van der Waals surface area contributed by atoms with E-state index in [4.69, 9.17) is 33.7 Å². The molecule has 13 rings (SSSR count). The molecule has 23 heteroatoms. The van der Waals surface area contributed by atoms with Gasteiger partial charge in [-0.15, -0.1) is 0 Å². The SMILES string of the molecule is COc1ncccc1-c1[nH]nc2ncc(-c3cccc(C(=O)N4CCOCC4)c3)cc12.C[Si](C)(C)CCOCC1N=C(I)c2cc(-c3cccc(C(=O)N4CCOCC4)c3)cnc21.O=C(c1cccc(-c2cnc3n[nH]c(I)c3c2)c1)N1CCOCC1. The minimum Gasteiger partial charge on any atom is -0.481 e. The van der Waals surface area contributed by atoms with Crippen molar-refractivity contribution in [2.45, 2.75) is 31.7 Å². The average Bonchev–Trinajstić information content (AvgIpc) is 2.68. The van der Waals surface area contributed by atoms with Gasteiger partial charge < -0.3 is 38.4 Å². The third-order valence-electron chi connectivity index (χ3n) is 15.2. The summed E-state index contributed by atoms with van der Waals surface area (Å²) in [5, 5.41) is 16.3. The van der Waals surface area contributed by atoms with Gasteiger partial charge in [0, 0.05) is 123 Å². The van der Waals surface area contributed by atoms with E-state index in [9.17, 15) is 14.4 Å². The van der Waals surface area contributed by atoms with Crippen molar-refractivity contribution in [1.82, 2.24) is 55.0 Å². The average molecular weight is 1410 g/mol. The second-order valence-corrected chi connectivity index (χ2v) is 30.0. The van der Waals surface area contributed by atoms with Crippen LogP contribution in [0.15, 0.2) is 133 Å². The smallest absolute Gasteiger partial charge is 0.254 e. The molecule has 1 unspecified atom stereocenters. The molecule has 10 heterocycles. The van der Waals surface area contributed by atoms with E-state index in [1.54, 1.807) is 25.7 Å². The molecule has 9 aromatic rings. The number of amides is 3. The zero-order chi connectivity index (χ0) is 60.4. The summed E-state index contributed by atoms with van der Waals surface area (Å²) >= 11 is 4.49. The number of morpholine rings is 3. The fourth-order valence-corrected chi connectivity index (χ4v) is 12.4. The third kappa shape index (κ3) is 14.8. The molecule has 3 fully saturated rings. The maximum absolute atomic E-state index is 12.9. The number of ether oxygens (including phenoxy) is 5. The van der Waals surface area contributed by atoms with Crippen LogP contribution in [0.1, 0.15) is 48.4 Å². The fraction of sp³-hybridized carbons (Fsp3) is 0.312. The second kappa shape index (κ2) is 28.2. The Kier molecular flexibility index (Phi) is 19.8. The minimum absolute atomic E-state index is 0.0169. The predicted octanol–water partition coefficient (Wildman–Crippen LogP) is 10.7. The Balaban J connectivity index is 0.000000137. The first-order chi connectivity index (χ1) is 42.3. The van der Waals surface area contributed by atoms with Crippen molar-refractivity contribution >= 4 is 96.8 Å². The molecule has 3 amide bonds. The number of methoxy groups -OCH3 is 1. The van der Waals surface area contributed by atoms with Gasteiger partial charge in [0.2, 0.25) is 5.88 Å². The number of halogens is 2. The lowest BCUT2D eigenvalue weighted by Gasteiger charge is -2.27. The molecular formula is C64H66I2N12O8Si. The zero-order valence-electron chi connectivity index (χ0n) is 48.8. The molecule has 4 aliphatic heterocycles. The van der Waals surface area contributed by atoms with Gasteiger partial charge >= 0.3 is 0 Å². The molecule has 0 radical (unpaired) electrons. The number of pyridine rings is 4. The van der Waals surface area contributed by atoms with E-state index in [1.807, 2.05) is 118 Å². The first-order valence-electron chi connectivity index (χ1n) is 28.9. The monoisotopic (exact) mass is 1410 g/mol. The highest BCUT2D eigenvalue weighted by Crippen LogP contribution is 2.36. The van der Waals surface area contributed by atoms with Crippen molar-refractivity contribution in [3.8, 4) is 50.5 Å². The van der Waals surface area contributed by atoms with Gasteiger partial charge in [-0.05, 0) is 135 Å². The Bertz CT molecular complexity index is 3970. The Morgan fingerprint density at radius 3 is 1.57 bits per heavy atom. The largest absolute Gasteiger partial charge is 0.481 e. The number of aromatic nitrogens is 8. The second-order valence-electron chi connectivity index (χ2n) is 22.3. The molecule has 1 atom stereocenters. The summed E-state index contributed by atoms with van der Waals surface area (Å²) in [5.41, 5.74) is 12.7. The van der Waals surface area contributed by atoms with Crippen LogP contribution in [0.5, 0.6) is 5.88 Å². The van der Waals surface area contributed by atoms with Crippen molar-refractivity contribution in [1.29, 1.82) is 0 Å². The van der Waals surface area contributed by atoms with E-state index in [-0.39, 0.29) is 23.8 Å². The maximum atomic E-state index is 12.9. The number of rotatable bonds is 13. The molecule has 0 bridgehead atoms. The fourth-order valence-electron chi connectivity index (χ4n) is 10.4. The van der Waals surface area contributed by atoms with Gasteiger partial charge in [0.25, 0.3) is 17.7 Å². The lowest BCUT2D eigenvalue weighted by atomic mass is 10.0. The highest BCUT2D eigenvalue weighted by Gasteiger charge is 2.28. The molecule has 20 nitrogen and oxygen atoms in total. The highest BCUT2D eigenvalue weighted by molar-refractivity contribution is 14.1. The van der Waals surface area contributed by atoms with Gasteiger partial charge in [-0.1, -0.05) is 56.0 Å². The molecule has 3 aromatic carbocycles. The summed E-state index contributed by atoms with van der Waals surface area (Å²) in [6.45, 7) is 15.8. The lowest BCUT2D eigenvalue weighted by molar-refractivity contribution is 0.0301. The van der Waals surface area contributed by atoms with Gasteiger partial charge in [-0.25, -0.2) is 15.0 Å². The third-order valence-corrected chi connectivity index (χ3v) is 18.6. The minimum atomic E-state index is -1.10. The molecule has 0 aliphatic carbocycles. The predicted molar refractivity (Wildman–Crippen MR) is 353 cm³/mol. The molecule has 0 spiro atoms. The molecule has 3 saturated heterocycles.